The number of nitro benzene ring substituents is 1. The molecule has 2 aromatic rings. The topological polar surface area (TPSA) is 83.8 Å². The van der Waals surface area contributed by atoms with Crippen molar-refractivity contribution in [2.75, 3.05) is 26.2 Å². The Labute approximate surface area is 173 Å². The molecule has 0 unspecified atom stereocenters. The predicted octanol–water partition coefficient (Wildman–Crippen LogP) is 3.28. The predicted molar refractivity (Wildman–Crippen MR) is 108 cm³/mol. The van der Waals surface area contributed by atoms with Crippen LogP contribution in [0.15, 0.2) is 42.5 Å². The first-order chi connectivity index (χ1) is 14.4. The molecular weight excluding hydrogens is 389 g/mol. The maximum Gasteiger partial charge on any atom is 0.275 e. The highest BCUT2D eigenvalue weighted by molar-refractivity contribution is 5.99. The first kappa shape index (κ1) is 20.2. The van der Waals surface area contributed by atoms with Crippen LogP contribution in [0.4, 0.5) is 10.1 Å². The minimum absolute atomic E-state index is 0.00234. The molecule has 4 rings (SSSR count). The van der Waals surface area contributed by atoms with Gasteiger partial charge in [-0.05, 0) is 62.2 Å². The SMILES string of the molecule is O=C(CN1CCC(CN2Cc3c(cccc3[N+](=O)[O-])C2=O)CC1)c1ccc(F)cc1. The number of hydrogen-bond donors (Lipinski definition) is 0. The van der Waals surface area contributed by atoms with Gasteiger partial charge < -0.3 is 4.90 Å². The Bertz CT molecular complexity index is 984. The number of fused-ring (bicyclic) bond motifs is 1. The Balaban J connectivity index is 1.31. The number of halogens is 1. The van der Waals surface area contributed by atoms with E-state index in [2.05, 4.69) is 4.90 Å². The summed E-state index contributed by atoms with van der Waals surface area (Å²) in [5.74, 6) is -0.260. The van der Waals surface area contributed by atoms with E-state index in [1.807, 2.05) is 0 Å². The average Bonchev–Trinajstić information content (AvgIpc) is 3.05. The number of ketones is 1. The summed E-state index contributed by atoms with van der Waals surface area (Å²) < 4.78 is 13.0. The fraction of sp³-hybridized carbons (Fsp3) is 0.364. The molecule has 0 bridgehead atoms. The third kappa shape index (κ3) is 4.09. The van der Waals surface area contributed by atoms with Crippen LogP contribution in [0.2, 0.25) is 0 Å². The van der Waals surface area contributed by atoms with Crippen LogP contribution in [0, 0.1) is 21.8 Å². The Morgan fingerprint density at radius 3 is 2.50 bits per heavy atom. The van der Waals surface area contributed by atoms with Gasteiger partial charge in [-0.2, -0.15) is 0 Å². The van der Waals surface area contributed by atoms with Crippen LogP contribution in [-0.2, 0) is 6.54 Å². The molecule has 156 valence electrons. The molecule has 0 aliphatic carbocycles. The van der Waals surface area contributed by atoms with Crippen molar-refractivity contribution in [1.29, 1.82) is 0 Å². The number of piperidine rings is 1. The van der Waals surface area contributed by atoms with Gasteiger partial charge in [-0.15, -0.1) is 0 Å². The van der Waals surface area contributed by atoms with Crippen LogP contribution in [0.5, 0.6) is 0 Å². The molecule has 1 amide bonds. The zero-order valence-corrected chi connectivity index (χ0v) is 16.4. The lowest BCUT2D eigenvalue weighted by Crippen LogP contribution is -2.41. The van der Waals surface area contributed by atoms with Gasteiger partial charge in [-0.3, -0.25) is 24.6 Å². The van der Waals surface area contributed by atoms with E-state index in [0.29, 0.717) is 35.7 Å². The third-order valence-electron chi connectivity index (χ3n) is 5.93. The van der Waals surface area contributed by atoms with Gasteiger partial charge in [0.25, 0.3) is 11.6 Å². The minimum Gasteiger partial charge on any atom is -0.334 e. The van der Waals surface area contributed by atoms with E-state index in [-0.39, 0.29) is 29.7 Å². The summed E-state index contributed by atoms with van der Waals surface area (Å²) in [6.07, 6.45) is 1.69. The highest BCUT2D eigenvalue weighted by Gasteiger charge is 2.34. The molecule has 0 aromatic heterocycles. The Morgan fingerprint density at radius 2 is 1.83 bits per heavy atom. The van der Waals surface area contributed by atoms with Crippen LogP contribution in [0.25, 0.3) is 0 Å². The molecule has 0 N–H and O–H groups in total. The van der Waals surface area contributed by atoms with Crippen LogP contribution in [-0.4, -0.2) is 52.6 Å². The number of carbonyl (C=O) groups excluding carboxylic acids is 2. The maximum absolute atomic E-state index is 13.0. The van der Waals surface area contributed by atoms with Crippen LogP contribution >= 0.6 is 0 Å². The summed E-state index contributed by atoms with van der Waals surface area (Å²) in [5, 5.41) is 11.2. The lowest BCUT2D eigenvalue weighted by Gasteiger charge is -2.33. The molecule has 2 heterocycles. The lowest BCUT2D eigenvalue weighted by atomic mass is 9.95. The molecule has 0 saturated carbocycles. The summed E-state index contributed by atoms with van der Waals surface area (Å²) in [4.78, 5) is 39.6. The number of hydrogen-bond acceptors (Lipinski definition) is 5. The zero-order chi connectivity index (χ0) is 21.3. The van der Waals surface area contributed by atoms with Crippen molar-refractivity contribution >= 4 is 17.4 Å². The molecule has 0 radical (unpaired) electrons. The van der Waals surface area contributed by atoms with Gasteiger partial charge in [-0.1, -0.05) is 6.07 Å². The largest absolute Gasteiger partial charge is 0.334 e. The summed E-state index contributed by atoms with van der Waals surface area (Å²) in [6, 6.07) is 10.2. The number of carbonyl (C=O) groups is 2. The number of nitrogens with zero attached hydrogens (tertiary/aromatic N) is 3. The van der Waals surface area contributed by atoms with Gasteiger partial charge in [0.2, 0.25) is 0 Å². The minimum atomic E-state index is -0.438. The van der Waals surface area contributed by atoms with E-state index in [1.54, 1.807) is 17.0 Å². The average molecular weight is 411 g/mol. The van der Waals surface area contributed by atoms with Crippen molar-refractivity contribution < 1.29 is 18.9 Å². The smallest absolute Gasteiger partial charge is 0.275 e. The van der Waals surface area contributed by atoms with E-state index < -0.39 is 4.92 Å². The van der Waals surface area contributed by atoms with Gasteiger partial charge in [0.1, 0.15) is 5.82 Å². The number of amides is 1. The van der Waals surface area contributed by atoms with Crippen molar-refractivity contribution in [1.82, 2.24) is 9.80 Å². The van der Waals surface area contributed by atoms with E-state index in [0.717, 1.165) is 25.9 Å². The third-order valence-corrected chi connectivity index (χ3v) is 5.93. The first-order valence-electron chi connectivity index (χ1n) is 9.99. The fourth-order valence-corrected chi connectivity index (χ4v) is 4.26. The standard InChI is InChI=1S/C22H22FN3O4/c23-17-6-4-16(5-7-17)21(27)14-24-10-8-15(9-11-24)12-25-13-19-18(22(25)28)2-1-3-20(19)26(29)30/h1-7,15H,8-14H2. The molecule has 2 aliphatic rings. The summed E-state index contributed by atoms with van der Waals surface area (Å²) in [7, 11) is 0. The molecule has 8 heteroatoms. The molecule has 30 heavy (non-hydrogen) atoms. The Kier molecular flexibility index (Phi) is 5.59. The highest BCUT2D eigenvalue weighted by atomic mass is 19.1. The number of nitro groups is 1. The van der Waals surface area contributed by atoms with Gasteiger partial charge in [0, 0.05) is 18.2 Å². The van der Waals surface area contributed by atoms with Crippen molar-refractivity contribution in [3.8, 4) is 0 Å². The van der Waals surface area contributed by atoms with Gasteiger partial charge >= 0.3 is 0 Å². The van der Waals surface area contributed by atoms with Crippen molar-refractivity contribution in [3.63, 3.8) is 0 Å². The van der Waals surface area contributed by atoms with Crippen LogP contribution < -0.4 is 0 Å². The van der Waals surface area contributed by atoms with Crippen LogP contribution in [0.3, 0.4) is 0 Å². The van der Waals surface area contributed by atoms with Gasteiger partial charge in [0.15, 0.2) is 5.78 Å². The van der Waals surface area contributed by atoms with Crippen LogP contribution in [0.1, 0.15) is 39.1 Å². The second-order valence-corrected chi connectivity index (χ2v) is 7.90. The molecule has 2 aromatic carbocycles. The zero-order valence-electron chi connectivity index (χ0n) is 16.4. The number of Topliss-reactive ketones (excluding diaryl/α,β-unsaturated/α-hetero) is 1. The van der Waals surface area contributed by atoms with E-state index >= 15 is 0 Å². The molecule has 0 spiro atoms. The van der Waals surface area contributed by atoms with E-state index in [1.165, 1.54) is 30.3 Å². The monoisotopic (exact) mass is 411 g/mol. The summed E-state index contributed by atoms with van der Waals surface area (Å²) in [5.41, 5.74) is 1.42. The maximum atomic E-state index is 13.0. The van der Waals surface area contributed by atoms with Gasteiger partial charge in [-0.25, -0.2) is 4.39 Å². The normalized spacial score (nSPS) is 17.2. The summed E-state index contributed by atoms with van der Waals surface area (Å²) in [6.45, 7) is 2.61. The Morgan fingerprint density at radius 1 is 1.13 bits per heavy atom. The molecular formula is C22H22FN3O4. The second-order valence-electron chi connectivity index (χ2n) is 7.90. The molecule has 2 aliphatic heterocycles. The molecule has 1 saturated heterocycles. The van der Waals surface area contributed by atoms with Gasteiger partial charge in [0.05, 0.1) is 29.1 Å². The fourth-order valence-electron chi connectivity index (χ4n) is 4.26. The molecule has 1 fully saturated rings. The number of likely N-dealkylation sites (tertiary alicyclic amines) is 1. The lowest BCUT2D eigenvalue weighted by molar-refractivity contribution is -0.385. The Hall–Kier alpha value is -3.13. The molecule has 7 nitrogen and oxygen atoms in total. The van der Waals surface area contributed by atoms with E-state index in [9.17, 15) is 24.1 Å². The first-order valence-corrected chi connectivity index (χ1v) is 9.99. The number of benzene rings is 2. The van der Waals surface area contributed by atoms with E-state index in [4.69, 9.17) is 0 Å². The van der Waals surface area contributed by atoms with Crippen molar-refractivity contribution in [2.24, 2.45) is 5.92 Å². The number of rotatable bonds is 6. The highest BCUT2D eigenvalue weighted by Crippen LogP contribution is 2.32. The van der Waals surface area contributed by atoms with Crippen molar-refractivity contribution in [2.45, 2.75) is 19.4 Å². The van der Waals surface area contributed by atoms with Crippen molar-refractivity contribution in [3.05, 3.63) is 75.1 Å². The molecule has 0 atom stereocenters. The second kappa shape index (κ2) is 8.31. The quantitative estimate of drug-likeness (QED) is 0.414. The summed E-state index contributed by atoms with van der Waals surface area (Å²) >= 11 is 0.